The van der Waals surface area contributed by atoms with E-state index in [1.165, 1.54) is 37.0 Å². The first-order valence-corrected chi connectivity index (χ1v) is 7.20. The molecule has 0 aliphatic heterocycles. The van der Waals surface area contributed by atoms with E-state index in [0.717, 1.165) is 18.2 Å². The lowest BCUT2D eigenvalue weighted by atomic mass is 9.97. The molecule has 16 heavy (non-hydrogen) atoms. The predicted octanol–water partition coefficient (Wildman–Crippen LogP) is 3.39. The van der Waals surface area contributed by atoms with Gasteiger partial charge in [-0.3, -0.25) is 0 Å². The van der Waals surface area contributed by atoms with Crippen molar-refractivity contribution in [1.82, 2.24) is 5.32 Å². The first kappa shape index (κ1) is 11.9. The van der Waals surface area contributed by atoms with Gasteiger partial charge < -0.3 is 11.1 Å². The van der Waals surface area contributed by atoms with Crippen LogP contribution in [-0.2, 0) is 6.54 Å². The van der Waals surface area contributed by atoms with Gasteiger partial charge in [0.2, 0.25) is 0 Å². The molecule has 1 fully saturated rings. The van der Waals surface area contributed by atoms with E-state index in [1.54, 1.807) is 11.3 Å². The highest BCUT2D eigenvalue weighted by molar-refractivity contribution is 7.10. The molecule has 1 aromatic rings. The van der Waals surface area contributed by atoms with E-state index in [1.807, 2.05) is 6.07 Å². The number of hydrogen-bond donors (Lipinski definition) is 2. The van der Waals surface area contributed by atoms with Gasteiger partial charge in [0.05, 0.1) is 0 Å². The molecule has 3 N–H and O–H groups in total. The molecule has 0 bridgehead atoms. The third kappa shape index (κ3) is 2.98. The Morgan fingerprint density at radius 1 is 1.38 bits per heavy atom. The van der Waals surface area contributed by atoms with Crippen LogP contribution in [0.3, 0.4) is 0 Å². The normalized spacial score (nSPS) is 26.6. The molecule has 0 aromatic carbocycles. The Morgan fingerprint density at radius 2 is 2.19 bits per heavy atom. The van der Waals surface area contributed by atoms with Gasteiger partial charge in [-0.2, -0.15) is 0 Å². The molecule has 0 radical (unpaired) electrons. The minimum absolute atomic E-state index is 0.684. The predicted molar refractivity (Wildman–Crippen MR) is 71.6 cm³/mol. The molecular formula is C13H22N2S. The van der Waals surface area contributed by atoms with Crippen molar-refractivity contribution in [3.63, 3.8) is 0 Å². The van der Waals surface area contributed by atoms with Gasteiger partial charge in [0.25, 0.3) is 0 Å². The largest absolute Gasteiger partial charge is 0.398 e. The Kier molecular flexibility index (Phi) is 4.24. The molecular weight excluding hydrogens is 216 g/mol. The average molecular weight is 238 g/mol. The second-order valence-corrected chi connectivity index (χ2v) is 5.90. The van der Waals surface area contributed by atoms with E-state index in [2.05, 4.69) is 17.6 Å². The molecule has 2 rings (SSSR count). The van der Waals surface area contributed by atoms with Crippen molar-refractivity contribution in [2.75, 3.05) is 5.73 Å². The molecule has 90 valence electrons. The summed E-state index contributed by atoms with van der Waals surface area (Å²) in [5.74, 6) is 0.809. The minimum Gasteiger partial charge on any atom is -0.398 e. The fourth-order valence-corrected chi connectivity index (χ4v) is 3.26. The highest BCUT2D eigenvalue weighted by atomic mass is 32.1. The van der Waals surface area contributed by atoms with Gasteiger partial charge in [0.15, 0.2) is 0 Å². The maximum atomic E-state index is 5.89. The van der Waals surface area contributed by atoms with E-state index in [9.17, 15) is 0 Å². The molecule has 0 saturated heterocycles. The van der Waals surface area contributed by atoms with Gasteiger partial charge in [-0.1, -0.05) is 26.2 Å². The zero-order chi connectivity index (χ0) is 11.4. The maximum Gasteiger partial charge on any atom is 0.0468 e. The number of nitrogen functional groups attached to an aromatic ring is 1. The van der Waals surface area contributed by atoms with E-state index < -0.39 is 0 Å². The van der Waals surface area contributed by atoms with Gasteiger partial charge in [0, 0.05) is 23.2 Å². The summed E-state index contributed by atoms with van der Waals surface area (Å²) in [5.41, 5.74) is 6.84. The number of anilines is 1. The topological polar surface area (TPSA) is 38.0 Å². The zero-order valence-electron chi connectivity index (χ0n) is 10.0. The molecule has 1 aliphatic rings. The van der Waals surface area contributed by atoms with Crippen LogP contribution in [-0.4, -0.2) is 6.04 Å². The van der Waals surface area contributed by atoms with Gasteiger partial charge in [-0.05, 0) is 30.2 Å². The quantitative estimate of drug-likeness (QED) is 0.792. The Balaban J connectivity index is 1.86. The number of nitrogens with two attached hydrogens (primary N) is 1. The molecule has 0 amide bonds. The van der Waals surface area contributed by atoms with E-state index in [4.69, 9.17) is 5.73 Å². The van der Waals surface area contributed by atoms with Crippen molar-refractivity contribution in [2.24, 2.45) is 5.92 Å². The highest BCUT2D eigenvalue weighted by Crippen LogP contribution is 2.24. The van der Waals surface area contributed by atoms with Crippen LogP contribution in [0, 0.1) is 5.92 Å². The highest BCUT2D eigenvalue weighted by Gasteiger charge is 2.19. The van der Waals surface area contributed by atoms with Crippen LogP contribution < -0.4 is 11.1 Å². The number of thiophene rings is 1. The number of nitrogens with one attached hydrogen (secondary N) is 1. The van der Waals surface area contributed by atoms with E-state index in [-0.39, 0.29) is 0 Å². The summed E-state index contributed by atoms with van der Waals surface area (Å²) < 4.78 is 0. The molecule has 2 nitrogen and oxygen atoms in total. The van der Waals surface area contributed by atoms with Crippen molar-refractivity contribution in [3.05, 3.63) is 16.3 Å². The standard InChI is InChI=1S/C13H22N2S/c1-10-5-3-2-4-6-12(10)15-9-13-11(14)7-8-16-13/h7-8,10,12,15H,2-6,9,14H2,1H3. The summed E-state index contributed by atoms with van der Waals surface area (Å²) >= 11 is 1.76. The van der Waals surface area contributed by atoms with Crippen molar-refractivity contribution in [2.45, 2.75) is 51.6 Å². The lowest BCUT2D eigenvalue weighted by Crippen LogP contribution is -2.33. The monoisotopic (exact) mass is 238 g/mol. The van der Waals surface area contributed by atoms with Crippen LogP contribution >= 0.6 is 11.3 Å². The van der Waals surface area contributed by atoms with Crippen LogP contribution in [0.25, 0.3) is 0 Å². The molecule has 3 heteroatoms. The van der Waals surface area contributed by atoms with Gasteiger partial charge >= 0.3 is 0 Å². The SMILES string of the molecule is CC1CCCCCC1NCc1sccc1N. The Bertz CT molecular complexity index is 321. The zero-order valence-corrected chi connectivity index (χ0v) is 10.9. The summed E-state index contributed by atoms with van der Waals surface area (Å²) in [5, 5.41) is 5.76. The lowest BCUT2D eigenvalue weighted by Gasteiger charge is -2.22. The second-order valence-electron chi connectivity index (χ2n) is 4.90. The molecule has 0 spiro atoms. The maximum absolute atomic E-state index is 5.89. The smallest absolute Gasteiger partial charge is 0.0468 e. The Labute approximate surface area is 102 Å². The Hall–Kier alpha value is -0.540. The van der Waals surface area contributed by atoms with Crippen molar-refractivity contribution < 1.29 is 0 Å². The summed E-state index contributed by atoms with van der Waals surface area (Å²) in [6.45, 7) is 3.32. The molecule has 1 saturated carbocycles. The van der Waals surface area contributed by atoms with Crippen molar-refractivity contribution >= 4 is 17.0 Å². The van der Waals surface area contributed by atoms with Gasteiger partial charge in [0.1, 0.15) is 0 Å². The van der Waals surface area contributed by atoms with Gasteiger partial charge in [-0.25, -0.2) is 0 Å². The van der Waals surface area contributed by atoms with Crippen LogP contribution in [0.15, 0.2) is 11.4 Å². The van der Waals surface area contributed by atoms with Crippen molar-refractivity contribution in [1.29, 1.82) is 0 Å². The summed E-state index contributed by atoms with van der Waals surface area (Å²) in [4.78, 5) is 1.29. The molecule has 1 aromatic heterocycles. The Morgan fingerprint density at radius 3 is 2.94 bits per heavy atom. The summed E-state index contributed by atoms with van der Waals surface area (Å²) in [6, 6.07) is 2.68. The first-order valence-electron chi connectivity index (χ1n) is 6.32. The summed E-state index contributed by atoms with van der Waals surface area (Å²) in [6.07, 6.45) is 6.89. The average Bonchev–Trinajstić information content (AvgIpc) is 2.56. The number of rotatable bonds is 3. The van der Waals surface area contributed by atoms with E-state index >= 15 is 0 Å². The fourth-order valence-electron chi connectivity index (χ4n) is 2.51. The third-order valence-electron chi connectivity index (χ3n) is 3.67. The van der Waals surface area contributed by atoms with Gasteiger partial charge in [-0.15, -0.1) is 11.3 Å². The second kappa shape index (κ2) is 5.69. The molecule has 2 atom stereocenters. The first-order chi connectivity index (χ1) is 7.77. The molecule has 1 heterocycles. The fraction of sp³-hybridized carbons (Fsp3) is 0.692. The van der Waals surface area contributed by atoms with Crippen molar-refractivity contribution in [3.8, 4) is 0 Å². The van der Waals surface area contributed by atoms with Crippen LogP contribution in [0.1, 0.15) is 43.9 Å². The molecule has 1 aliphatic carbocycles. The molecule has 2 unspecified atom stereocenters. The van der Waals surface area contributed by atoms with E-state index in [0.29, 0.717) is 6.04 Å². The minimum atomic E-state index is 0.684. The van der Waals surface area contributed by atoms with Crippen LogP contribution in [0.2, 0.25) is 0 Å². The summed E-state index contributed by atoms with van der Waals surface area (Å²) in [7, 11) is 0. The van der Waals surface area contributed by atoms with Crippen LogP contribution in [0.5, 0.6) is 0 Å². The number of hydrogen-bond acceptors (Lipinski definition) is 3. The van der Waals surface area contributed by atoms with Crippen LogP contribution in [0.4, 0.5) is 5.69 Å². The third-order valence-corrected chi connectivity index (χ3v) is 4.60. The lowest BCUT2D eigenvalue weighted by molar-refractivity contribution is 0.357.